The van der Waals surface area contributed by atoms with Crippen molar-refractivity contribution in [2.75, 3.05) is 0 Å². The molecule has 0 spiro atoms. The van der Waals surface area contributed by atoms with Gasteiger partial charge < -0.3 is 4.57 Å². The summed E-state index contributed by atoms with van der Waals surface area (Å²) >= 11 is 0. The van der Waals surface area contributed by atoms with Gasteiger partial charge in [-0.25, -0.2) is 4.98 Å². The van der Waals surface area contributed by atoms with Crippen molar-refractivity contribution in [3.05, 3.63) is 188 Å². The number of hydrogen-bond acceptors (Lipinski definition) is 1. The molecule has 0 saturated carbocycles. The number of pyridine rings is 1. The van der Waals surface area contributed by atoms with Gasteiger partial charge >= 0.3 is 0 Å². The molecule has 11 rings (SSSR count). The number of para-hydroxylation sites is 2. The first-order valence-electron chi connectivity index (χ1n) is 17.8. The minimum absolute atomic E-state index is 0.963. The Hall–Kier alpha value is -6.97. The smallest absolute Gasteiger partial charge is 0.145 e. The zero-order valence-electron chi connectivity index (χ0n) is 28.2. The minimum Gasteiger partial charge on any atom is -0.309 e. The first-order chi connectivity index (χ1) is 25.8. The number of fused-ring (bicyclic) bond motifs is 8. The monoisotopic (exact) mass is 661 g/mol. The third kappa shape index (κ3) is 4.17. The van der Waals surface area contributed by atoms with Crippen molar-refractivity contribution in [3.8, 4) is 33.6 Å². The van der Waals surface area contributed by atoms with Crippen LogP contribution in [0.15, 0.2) is 188 Å². The number of hydrogen-bond donors (Lipinski definition) is 0. The van der Waals surface area contributed by atoms with E-state index >= 15 is 0 Å². The quantitative estimate of drug-likeness (QED) is 0.172. The van der Waals surface area contributed by atoms with Crippen molar-refractivity contribution in [3.63, 3.8) is 0 Å². The van der Waals surface area contributed by atoms with Crippen molar-refractivity contribution in [1.29, 1.82) is 0 Å². The highest BCUT2D eigenvalue weighted by Crippen LogP contribution is 2.45. The summed E-state index contributed by atoms with van der Waals surface area (Å²) in [5.41, 5.74) is 11.6. The number of rotatable bonds is 4. The molecule has 3 aromatic heterocycles. The third-order valence-electron chi connectivity index (χ3n) is 10.7. The standard InChI is InChI=1S/C49H31N3/c1-3-14-32(15-4-1)47-39-19-7-9-21-41(39)48(42-22-10-8-20-40(42)47)33-25-27-37-38-28-26-35(31-46(38)51(45(37)30-33)34-16-5-2-6-17-34)52-44-24-12-11-18-36(44)43-23-13-29-50-49(43)52/h1-31H. The summed E-state index contributed by atoms with van der Waals surface area (Å²) in [4.78, 5) is 4.87. The van der Waals surface area contributed by atoms with E-state index in [1.54, 1.807) is 0 Å². The number of nitrogens with zero attached hydrogens (tertiary/aromatic N) is 3. The van der Waals surface area contributed by atoms with Crippen molar-refractivity contribution in [2.45, 2.75) is 0 Å². The SMILES string of the molecule is c1ccc(-c2c3ccccc3c(-c3ccc4c5ccc(-n6c7ccccc7c7cccnc76)cc5n(-c5ccccc5)c4c3)c3ccccc23)cc1. The van der Waals surface area contributed by atoms with Crippen LogP contribution in [0.5, 0.6) is 0 Å². The van der Waals surface area contributed by atoms with Crippen LogP contribution < -0.4 is 0 Å². The van der Waals surface area contributed by atoms with E-state index in [9.17, 15) is 0 Å². The fraction of sp³-hybridized carbons (Fsp3) is 0. The van der Waals surface area contributed by atoms with Gasteiger partial charge in [0, 0.05) is 39.1 Å². The van der Waals surface area contributed by atoms with E-state index in [1.165, 1.54) is 65.5 Å². The highest BCUT2D eigenvalue weighted by molar-refractivity contribution is 6.22. The highest BCUT2D eigenvalue weighted by atomic mass is 15.1. The second-order valence-electron chi connectivity index (χ2n) is 13.5. The molecule has 3 nitrogen and oxygen atoms in total. The minimum atomic E-state index is 0.963. The van der Waals surface area contributed by atoms with Crippen molar-refractivity contribution in [1.82, 2.24) is 14.1 Å². The molecule has 0 unspecified atom stereocenters. The van der Waals surface area contributed by atoms with Crippen molar-refractivity contribution in [2.24, 2.45) is 0 Å². The van der Waals surface area contributed by atoms with Crippen LogP contribution in [0.3, 0.4) is 0 Å². The molecule has 0 aliphatic carbocycles. The molecule has 242 valence electrons. The van der Waals surface area contributed by atoms with Gasteiger partial charge in [-0.15, -0.1) is 0 Å². The summed E-state index contributed by atoms with van der Waals surface area (Å²) in [6, 6.07) is 66.0. The summed E-state index contributed by atoms with van der Waals surface area (Å²) in [5.74, 6) is 0. The Morgan fingerprint density at radius 2 is 0.827 bits per heavy atom. The van der Waals surface area contributed by atoms with Crippen LogP contribution in [-0.2, 0) is 0 Å². The maximum Gasteiger partial charge on any atom is 0.145 e. The molecule has 0 radical (unpaired) electrons. The first-order valence-corrected chi connectivity index (χ1v) is 17.8. The Bertz CT molecular complexity index is 3060. The molecule has 0 aliphatic heterocycles. The van der Waals surface area contributed by atoms with Crippen molar-refractivity contribution >= 4 is 65.3 Å². The fourth-order valence-corrected chi connectivity index (χ4v) is 8.57. The molecule has 0 amide bonds. The molecular formula is C49H31N3. The molecule has 0 fully saturated rings. The van der Waals surface area contributed by atoms with Crippen molar-refractivity contribution < 1.29 is 0 Å². The molecule has 0 aliphatic rings. The molecule has 52 heavy (non-hydrogen) atoms. The van der Waals surface area contributed by atoms with Crippen LogP contribution in [0.25, 0.3) is 98.9 Å². The Labute approximate surface area is 300 Å². The van der Waals surface area contributed by atoms with Gasteiger partial charge in [-0.1, -0.05) is 133 Å². The maximum absolute atomic E-state index is 4.87. The van der Waals surface area contributed by atoms with Crippen LogP contribution >= 0.6 is 0 Å². The van der Waals surface area contributed by atoms with Crippen LogP contribution in [-0.4, -0.2) is 14.1 Å². The predicted molar refractivity (Wildman–Crippen MR) is 219 cm³/mol. The summed E-state index contributed by atoms with van der Waals surface area (Å²) in [6.07, 6.45) is 1.89. The third-order valence-corrected chi connectivity index (χ3v) is 10.7. The Balaban J connectivity index is 1.22. The lowest BCUT2D eigenvalue weighted by molar-refractivity contribution is 1.13. The lowest BCUT2D eigenvalue weighted by Gasteiger charge is -2.18. The van der Waals surface area contributed by atoms with Crippen LogP contribution in [0.1, 0.15) is 0 Å². The fourth-order valence-electron chi connectivity index (χ4n) is 8.57. The molecule has 0 bridgehead atoms. The van der Waals surface area contributed by atoms with E-state index in [1.807, 2.05) is 12.3 Å². The second-order valence-corrected chi connectivity index (χ2v) is 13.5. The van der Waals surface area contributed by atoms with Crippen LogP contribution in [0.4, 0.5) is 0 Å². The zero-order valence-corrected chi connectivity index (χ0v) is 28.2. The predicted octanol–water partition coefficient (Wildman–Crippen LogP) is 12.9. The van der Waals surface area contributed by atoms with Gasteiger partial charge in [-0.2, -0.15) is 0 Å². The van der Waals surface area contributed by atoms with E-state index in [4.69, 9.17) is 4.98 Å². The van der Waals surface area contributed by atoms with E-state index in [-0.39, 0.29) is 0 Å². The Morgan fingerprint density at radius 1 is 0.308 bits per heavy atom. The molecule has 0 atom stereocenters. The average Bonchev–Trinajstić information content (AvgIpc) is 3.72. The molecular weight excluding hydrogens is 631 g/mol. The van der Waals surface area contributed by atoms with Gasteiger partial charge in [-0.05, 0) is 92.3 Å². The van der Waals surface area contributed by atoms with Gasteiger partial charge in [0.2, 0.25) is 0 Å². The van der Waals surface area contributed by atoms with Crippen LogP contribution in [0, 0.1) is 0 Å². The van der Waals surface area contributed by atoms with E-state index in [2.05, 4.69) is 185 Å². The van der Waals surface area contributed by atoms with E-state index in [0.29, 0.717) is 0 Å². The van der Waals surface area contributed by atoms with Crippen LogP contribution in [0.2, 0.25) is 0 Å². The lowest BCUT2D eigenvalue weighted by atomic mass is 9.86. The Morgan fingerprint density at radius 3 is 1.52 bits per heavy atom. The normalized spacial score (nSPS) is 11.8. The topological polar surface area (TPSA) is 22.8 Å². The maximum atomic E-state index is 4.87. The number of aromatic nitrogens is 3. The molecule has 11 aromatic rings. The molecule has 0 N–H and O–H groups in total. The van der Waals surface area contributed by atoms with Gasteiger partial charge in [0.05, 0.1) is 16.6 Å². The van der Waals surface area contributed by atoms with Gasteiger partial charge in [0.15, 0.2) is 0 Å². The summed E-state index contributed by atoms with van der Waals surface area (Å²) in [5, 5.41) is 9.83. The zero-order chi connectivity index (χ0) is 34.2. The summed E-state index contributed by atoms with van der Waals surface area (Å²) < 4.78 is 4.73. The molecule has 8 aromatic carbocycles. The van der Waals surface area contributed by atoms with E-state index in [0.717, 1.165) is 33.4 Å². The second kappa shape index (κ2) is 11.3. The highest BCUT2D eigenvalue weighted by Gasteiger charge is 2.20. The van der Waals surface area contributed by atoms with Gasteiger partial charge in [-0.3, -0.25) is 4.57 Å². The van der Waals surface area contributed by atoms with E-state index < -0.39 is 0 Å². The van der Waals surface area contributed by atoms with Gasteiger partial charge in [0.25, 0.3) is 0 Å². The largest absolute Gasteiger partial charge is 0.309 e. The lowest BCUT2D eigenvalue weighted by Crippen LogP contribution is -1.97. The first kappa shape index (κ1) is 28.8. The number of benzene rings is 8. The summed E-state index contributed by atoms with van der Waals surface area (Å²) in [6.45, 7) is 0. The van der Waals surface area contributed by atoms with Gasteiger partial charge in [0.1, 0.15) is 5.65 Å². The molecule has 0 saturated heterocycles. The molecule has 3 heteroatoms. The Kier molecular flexibility index (Phi) is 6.25. The molecule has 3 heterocycles. The summed E-state index contributed by atoms with van der Waals surface area (Å²) in [7, 11) is 0. The average molecular weight is 662 g/mol.